The Morgan fingerprint density at radius 1 is 1.04 bits per heavy atom. The number of nitrogens with zero attached hydrogens (tertiary/aromatic N) is 1. The normalized spacial score (nSPS) is 25.5. The van der Waals surface area contributed by atoms with Crippen LogP contribution in [-0.4, -0.2) is 30.7 Å². The molecule has 0 spiro atoms. The molecule has 1 aromatic rings. The van der Waals surface area contributed by atoms with Crippen LogP contribution in [0.3, 0.4) is 0 Å². The lowest BCUT2D eigenvalue weighted by Crippen LogP contribution is -2.45. The predicted molar refractivity (Wildman–Crippen MR) is 89.0 cm³/mol. The van der Waals surface area contributed by atoms with E-state index in [-0.39, 0.29) is 11.3 Å². The average Bonchev–Trinajstić information content (AvgIpc) is 2.58. The molecule has 6 nitrogen and oxygen atoms in total. The molecule has 23 heavy (non-hydrogen) atoms. The third-order valence-electron chi connectivity index (χ3n) is 5.32. The van der Waals surface area contributed by atoms with E-state index in [4.69, 9.17) is 5.11 Å². The number of hydrogen-bond donors (Lipinski definition) is 2. The Labute approximate surface area is 135 Å². The van der Waals surface area contributed by atoms with Crippen molar-refractivity contribution in [1.82, 2.24) is 0 Å². The van der Waals surface area contributed by atoms with Crippen molar-refractivity contribution >= 4 is 17.3 Å². The Morgan fingerprint density at radius 2 is 1.70 bits per heavy atom. The first kappa shape index (κ1) is 16.0. The van der Waals surface area contributed by atoms with Gasteiger partial charge in [0, 0.05) is 19.6 Å². The van der Waals surface area contributed by atoms with Gasteiger partial charge in [-0.15, -0.1) is 0 Å². The summed E-state index contributed by atoms with van der Waals surface area (Å²) in [5.74, 6) is -0.545. The molecule has 1 saturated carbocycles. The Hall–Kier alpha value is -1.85. The number of carboxylic acids is 1. The third-order valence-corrected chi connectivity index (χ3v) is 5.32. The average molecular weight is 320 g/mol. The number of hydrogen-bond acceptors (Lipinski definition) is 5. The summed E-state index contributed by atoms with van der Waals surface area (Å²) in [6, 6.07) is 0. The maximum Gasteiger partial charge on any atom is 0.306 e. The molecule has 1 aliphatic heterocycles. The van der Waals surface area contributed by atoms with Gasteiger partial charge in [-0.25, -0.2) is 0 Å². The lowest BCUT2D eigenvalue weighted by molar-refractivity contribution is -0.143. The summed E-state index contributed by atoms with van der Waals surface area (Å²) in [6.45, 7) is 2.35. The first-order chi connectivity index (χ1) is 11.1. The van der Waals surface area contributed by atoms with Crippen molar-refractivity contribution in [2.75, 3.05) is 29.9 Å². The van der Waals surface area contributed by atoms with Crippen LogP contribution in [0, 0.1) is 11.8 Å². The summed E-state index contributed by atoms with van der Waals surface area (Å²) in [7, 11) is 0. The van der Waals surface area contributed by atoms with Crippen LogP contribution in [0.15, 0.2) is 9.59 Å². The minimum Gasteiger partial charge on any atom is -0.481 e. The fraction of sp³-hybridized carbons (Fsp3) is 0.706. The van der Waals surface area contributed by atoms with Gasteiger partial charge in [-0.05, 0) is 50.9 Å². The van der Waals surface area contributed by atoms with Crippen LogP contribution in [0.5, 0.6) is 0 Å². The molecule has 3 rings (SSSR count). The first-order valence-corrected chi connectivity index (χ1v) is 8.63. The van der Waals surface area contributed by atoms with Gasteiger partial charge in [0.05, 0.1) is 5.92 Å². The number of rotatable bonds is 5. The molecule has 2 N–H and O–H groups in total. The predicted octanol–water partition coefficient (Wildman–Crippen LogP) is 1.58. The summed E-state index contributed by atoms with van der Waals surface area (Å²) < 4.78 is 0. The van der Waals surface area contributed by atoms with Crippen LogP contribution in [0.4, 0.5) is 11.4 Å². The monoisotopic (exact) mass is 320 g/mol. The smallest absolute Gasteiger partial charge is 0.306 e. The van der Waals surface area contributed by atoms with Crippen LogP contribution in [-0.2, 0) is 4.79 Å². The van der Waals surface area contributed by atoms with E-state index in [9.17, 15) is 14.4 Å². The van der Waals surface area contributed by atoms with E-state index >= 15 is 0 Å². The van der Waals surface area contributed by atoms with E-state index in [2.05, 4.69) is 5.32 Å². The summed E-state index contributed by atoms with van der Waals surface area (Å²) in [4.78, 5) is 36.7. The van der Waals surface area contributed by atoms with E-state index < -0.39 is 11.4 Å². The molecular weight excluding hydrogens is 296 g/mol. The molecule has 0 atom stereocenters. The summed E-state index contributed by atoms with van der Waals surface area (Å²) in [6.07, 6.45) is 6.44. The largest absolute Gasteiger partial charge is 0.481 e. The van der Waals surface area contributed by atoms with Crippen molar-refractivity contribution in [3.8, 4) is 0 Å². The molecule has 1 saturated heterocycles. The van der Waals surface area contributed by atoms with Crippen LogP contribution in [0.2, 0.25) is 0 Å². The third kappa shape index (κ3) is 3.26. The first-order valence-electron chi connectivity index (χ1n) is 8.63. The fourth-order valence-corrected chi connectivity index (χ4v) is 3.82. The van der Waals surface area contributed by atoms with Crippen LogP contribution < -0.4 is 21.1 Å². The lowest BCUT2D eigenvalue weighted by Gasteiger charge is -2.32. The van der Waals surface area contributed by atoms with Gasteiger partial charge in [0.15, 0.2) is 0 Å². The highest BCUT2D eigenvalue weighted by molar-refractivity contribution is 5.75. The van der Waals surface area contributed by atoms with Gasteiger partial charge in [-0.1, -0.05) is 0 Å². The van der Waals surface area contributed by atoms with Gasteiger partial charge >= 0.3 is 5.97 Å². The number of carbonyl (C=O) groups is 1. The molecule has 6 heteroatoms. The maximum atomic E-state index is 11.9. The number of carboxylic acid groups (broad SMARTS) is 1. The zero-order valence-corrected chi connectivity index (χ0v) is 13.3. The Balaban J connectivity index is 1.57. The molecule has 1 aliphatic carbocycles. The molecule has 2 aliphatic rings. The molecule has 0 amide bonds. The van der Waals surface area contributed by atoms with Gasteiger partial charge in [0.2, 0.25) is 0 Å². The molecule has 0 bridgehead atoms. The molecule has 0 unspecified atom stereocenters. The molecule has 126 valence electrons. The van der Waals surface area contributed by atoms with E-state index in [0.717, 1.165) is 38.8 Å². The zero-order valence-electron chi connectivity index (χ0n) is 13.3. The second-order valence-electron chi connectivity index (χ2n) is 6.87. The fourth-order valence-electron chi connectivity index (χ4n) is 3.82. The van der Waals surface area contributed by atoms with Gasteiger partial charge < -0.3 is 15.3 Å². The highest BCUT2D eigenvalue weighted by atomic mass is 16.4. The highest BCUT2D eigenvalue weighted by Gasteiger charge is 2.29. The molecule has 1 aromatic carbocycles. The van der Waals surface area contributed by atoms with Crippen molar-refractivity contribution < 1.29 is 9.90 Å². The second-order valence-corrected chi connectivity index (χ2v) is 6.87. The summed E-state index contributed by atoms with van der Waals surface area (Å²) in [5, 5.41) is 12.2. The summed E-state index contributed by atoms with van der Waals surface area (Å²) >= 11 is 0. The maximum absolute atomic E-state index is 11.9. The zero-order chi connectivity index (χ0) is 16.4. The van der Waals surface area contributed by atoms with Gasteiger partial charge in [-0.2, -0.15) is 0 Å². The lowest BCUT2D eigenvalue weighted by atomic mass is 9.82. The standard InChI is InChI=1S/C17H24N2O4/c20-15-13(14(16(15)21)19-8-2-1-3-9-19)18-10-11-4-6-12(7-5-11)17(22)23/h11-12,18H,1-10H2,(H,22,23). The minimum atomic E-state index is -0.703. The van der Waals surface area contributed by atoms with Gasteiger partial charge in [-0.3, -0.25) is 14.4 Å². The van der Waals surface area contributed by atoms with E-state index in [0.29, 0.717) is 36.7 Å². The molecule has 0 radical (unpaired) electrons. The van der Waals surface area contributed by atoms with E-state index in [1.807, 2.05) is 4.90 Å². The number of nitrogens with one attached hydrogen (secondary N) is 1. The Bertz CT molecular complexity index is 633. The minimum absolute atomic E-state index is 0.221. The Kier molecular flexibility index (Phi) is 4.68. The van der Waals surface area contributed by atoms with Gasteiger partial charge in [0.25, 0.3) is 10.9 Å². The van der Waals surface area contributed by atoms with Crippen molar-refractivity contribution in [3.05, 3.63) is 20.4 Å². The quantitative estimate of drug-likeness (QED) is 0.801. The van der Waals surface area contributed by atoms with Gasteiger partial charge in [0.1, 0.15) is 11.4 Å². The van der Waals surface area contributed by atoms with Crippen molar-refractivity contribution in [1.29, 1.82) is 0 Å². The van der Waals surface area contributed by atoms with E-state index in [1.165, 1.54) is 6.42 Å². The number of anilines is 2. The van der Waals surface area contributed by atoms with Crippen LogP contribution >= 0.6 is 0 Å². The summed E-state index contributed by atoms with van der Waals surface area (Å²) in [5.41, 5.74) is 0.306. The molecule has 0 aromatic heterocycles. The van der Waals surface area contributed by atoms with Crippen molar-refractivity contribution in [2.45, 2.75) is 44.9 Å². The number of aliphatic carboxylic acids is 1. The second kappa shape index (κ2) is 6.72. The highest BCUT2D eigenvalue weighted by Crippen LogP contribution is 2.30. The van der Waals surface area contributed by atoms with Crippen LogP contribution in [0.25, 0.3) is 0 Å². The van der Waals surface area contributed by atoms with Crippen molar-refractivity contribution in [3.63, 3.8) is 0 Å². The SMILES string of the molecule is O=C(O)C1CCC(CNc2c(N3CCCCC3)c(=O)c2=O)CC1. The number of piperidine rings is 1. The topological polar surface area (TPSA) is 86.7 Å². The van der Waals surface area contributed by atoms with E-state index in [1.54, 1.807) is 0 Å². The molecule has 1 heterocycles. The molecule has 2 fully saturated rings. The van der Waals surface area contributed by atoms with Crippen LogP contribution in [0.1, 0.15) is 44.9 Å². The van der Waals surface area contributed by atoms with Crippen molar-refractivity contribution in [2.24, 2.45) is 11.8 Å². The molecular formula is C17H24N2O4. The Morgan fingerprint density at radius 3 is 2.30 bits per heavy atom.